The molecule has 4 rings (SSSR count). The average molecular weight is 249 g/mol. The summed E-state index contributed by atoms with van der Waals surface area (Å²) in [5.74, 6) is 0.594. The van der Waals surface area contributed by atoms with Gasteiger partial charge in [-0.25, -0.2) is 4.99 Å². The van der Waals surface area contributed by atoms with Gasteiger partial charge in [-0.2, -0.15) is 0 Å². The summed E-state index contributed by atoms with van der Waals surface area (Å²) in [6, 6.07) is 13.9. The van der Waals surface area contributed by atoms with Crippen LogP contribution in [0.1, 0.15) is 5.56 Å². The van der Waals surface area contributed by atoms with E-state index in [9.17, 15) is 0 Å². The summed E-state index contributed by atoms with van der Waals surface area (Å²) in [6.07, 6.45) is 0. The molecule has 0 bridgehead atoms. The van der Waals surface area contributed by atoms with E-state index in [1.807, 2.05) is 30.3 Å². The van der Waals surface area contributed by atoms with Gasteiger partial charge in [-0.3, -0.25) is 0 Å². The molecule has 0 saturated heterocycles. The minimum atomic E-state index is 0.594. The van der Waals surface area contributed by atoms with Crippen LogP contribution in [0.4, 0.5) is 5.69 Å². The van der Waals surface area contributed by atoms with Crippen molar-refractivity contribution in [3.63, 3.8) is 0 Å². The Morgan fingerprint density at radius 2 is 1.89 bits per heavy atom. The number of nitrogens with zero attached hydrogens (tertiary/aromatic N) is 2. The van der Waals surface area contributed by atoms with Gasteiger partial charge in [0.1, 0.15) is 11.0 Å². The lowest BCUT2D eigenvalue weighted by Crippen LogP contribution is -2.23. The molecule has 0 unspecified atom stereocenters. The normalized spacial score (nSPS) is 12.7. The highest BCUT2D eigenvalue weighted by Gasteiger charge is 2.14. The standard InChI is InChI=1S/C15H11N3O/c1-9-6-7-11-10(8-9)14-15(17-11)19-18-13-5-3-2-4-12(13)16-14/h2-8,17H,1H3. The molecule has 0 amide bonds. The molecular formula is C15H11N3O. The molecular weight excluding hydrogens is 238 g/mol. The fourth-order valence-corrected chi connectivity index (χ4v) is 2.30. The molecule has 2 aromatic carbocycles. The number of hydrogen-bond donors (Lipinski definition) is 1. The lowest BCUT2D eigenvalue weighted by Gasteiger charge is -1.94. The number of para-hydroxylation sites is 1. The number of fused-ring (bicyclic) bond motifs is 4. The summed E-state index contributed by atoms with van der Waals surface area (Å²) in [5, 5.41) is 6.74. The number of hydrogen-bond acceptors (Lipinski definition) is 3. The third kappa shape index (κ3) is 1.53. The Bertz CT molecular complexity index is 909. The molecule has 92 valence electrons. The minimum Gasteiger partial charge on any atom is -0.336 e. The first-order valence-electron chi connectivity index (χ1n) is 6.12. The van der Waals surface area contributed by atoms with Gasteiger partial charge in [-0.1, -0.05) is 28.9 Å². The zero-order chi connectivity index (χ0) is 12.8. The van der Waals surface area contributed by atoms with E-state index in [2.05, 4.69) is 34.2 Å². The van der Waals surface area contributed by atoms with E-state index in [0.717, 1.165) is 27.3 Å². The lowest BCUT2D eigenvalue weighted by atomic mass is 10.1. The van der Waals surface area contributed by atoms with Gasteiger partial charge in [-0.15, -0.1) is 0 Å². The number of H-pyrrole nitrogens is 1. The van der Waals surface area contributed by atoms with Gasteiger partial charge in [0.05, 0.1) is 10.9 Å². The monoisotopic (exact) mass is 249 g/mol. The van der Waals surface area contributed by atoms with Crippen molar-refractivity contribution >= 4 is 16.6 Å². The van der Waals surface area contributed by atoms with Gasteiger partial charge in [-0.05, 0) is 31.2 Å². The quantitative estimate of drug-likeness (QED) is 0.653. The molecule has 0 atom stereocenters. The molecule has 1 N–H and O–H groups in total. The first-order valence-corrected chi connectivity index (χ1v) is 6.12. The Balaban J connectivity index is 2.12. The van der Waals surface area contributed by atoms with Gasteiger partial charge in [0.15, 0.2) is 0 Å². The third-order valence-electron chi connectivity index (χ3n) is 3.24. The van der Waals surface area contributed by atoms with Crippen LogP contribution >= 0.6 is 0 Å². The maximum atomic E-state index is 5.48. The lowest BCUT2D eigenvalue weighted by molar-refractivity contribution is 0.317. The Morgan fingerprint density at radius 3 is 2.79 bits per heavy atom. The van der Waals surface area contributed by atoms with Gasteiger partial charge in [0.2, 0.25) is 0 Å². The van der Waals surface area contributed by atoms with Crippen molar-refractivity contribution in [2.75, 3.05) is 0 Å². The fourth-order valence-electron chi connectivity index (χ4n) is 2.30. The maximum absolute atomic E-state index is 5.48. The highest BCUT2D eigenvalue weighted by atomic mass is 16.6. The van der Waals surface area contributed by atoms with Crippen molar-refractivity contribution < 1.29 is 4.84 Å². The summed E-state index contributed by atoms with van der Waals surface area (Å²) in [4.78, 5) is 13.4. The minimum absolute atomic E-state index is 0.594. The second kappa shape index (κ2) is 3.68. The second-order valence-corrected chi connectivity index (χ2v) is 4.63. The zero-order valence-corrected chi connectivity index (χ0v) is 10.3. The Morgan fingerprint density at radius 1 is 1.05 bits per heavy atom. The number of aromatic nitrogens is 1. The summed E-state index contributed by atoms with van der Waals surface area (Å²) < 4.78 is 0. The molecule has 2 heterocycles. The predicted octanol–water partition coefficient (Wildman–Crippen LogP) is 2.35. The molecule has 19 heavy (non-hydrogen) atoms. The SMILES string of the molecule is Cc1ccc2[nH]c3c(c2c1)N=c1ccccc1=NO3. The maximum Gasteiger partial charge on any atom is 0.254 e. The molecule has 1 aliphatic heterocycles. The van der Waals surface area contributed by atoms with E-state index in [0.29, 0.717) is 5.88 Å². The summed E-state index contributed by atoms with van der Waals surface area (Å²) in [6.45, 7) is 2.06. The summed E-state index contributed by atoms with van der Waals surface area (Å²) in [7, 11) is 0. The Labute approximate surface area is 109 Å². The Hall–Kier alpha value is -2.62. The topological polar surface area (TPSA) is 49.7 Å². The second-order valence-electron chi connectivity index (χ2n) is 4.63. The first kappa shape index (κ1) is 10.3. The fraction of sp³-hybridized carbons (Fsp3) is 0.0667. The van der Waals surface area contributed by atoms with Gasteiger partial charge in [0, 0.05) is 5.39 Å². The molecule has 1 aromatic heterocycles. The van der Waals surface area contributed by atoms with E-state index in [1.165, 1.54) is 5.56 Å². The van der Waals surface area contributed by atoms with E-state index < -0.39 is 0 Å². The van der Waals surface area contributed by atoms with Crippen molar-refractivity contribution in [1.82, 2.24) is 4.98 Å². The zero-order valence-electron chi connectivity index (χ0n) is 10.3. The highest BCUT2D eigenvalue weighted by molar-refractivity contribution is 5.94. The van der Waals surface area contributed by atoms with Crippen LogP contribution in [0.2, 0.25) is 0 Å². The van der Waals surface area contributed by atoms with Gasteiger partial charge < -0.3 is 9.82 Å². The van der Waals surface area contributed by atoms with Crippen LogP contribution in [0.25, 0.3) is 10.9 Å². The molecule has 0 spiro atoms. The molecule has 4 heteroatoms. The van der Waals surface area contributed by atoms with E-state index >= 15 is 0 Å². The number of rotatable bonds is 0. The smallest absolute Gasteiger partial charge is 0.254 e. The highest BCUT2D eigenvalue weighted by Crippen LogP contribution is 2.36. The van der Waals surface area contributed by atoms with Crippen LogP contribution in [-0.4, -0.2) is 4.98 Å². The van der Waals surface area contributed by atoms with E-state index in [4.69, 9.17) is 4.84 Å². The van der Waals surface area contributed by atoms with Crippen LogP contribution in [-0.2, 0) is 0 Å². The van der Waals surface area contributed by atoms with Crippen molar-refractivity contribution in [3.05, 3.63) is 58.7 Å². The Kier molecular flexibility index (Phi) is 2.00. The predicted molar refractivity (Wildman–Crippen MR) is 72.1 cm³/mol. The molecule has 0 radical (unpaired) electrons. The number of nitrogens with one attached hydrogen (secondary N) is 1. The molecule has 1 aliphatic rings. The van der Waals surface area contributed by atoms with Crippen LogP contribution in [0.3, 0.4) is 0 Å². The molecule has 4 nitrogen and oxygen atoms in total. The summed E-state index contributed by atoms with van der Waals surface area (Å²) >= 11 is 0. The van der Waals surface area contributed by atoms with Crippen molar-refractivity contribution in [2.24, 2.45) is 10.1 Å². The average Bonchev–Trinajstić information content (AvgIpc) is 2.65. The van der Waals surface area contributed by atoms with Crippen LogP contribution in [0.15, 0.2) is 52.6 Å². The van der Waals surface area contributed by atoms with Gasteiger partial charge >= 0.3 is 0 Å². The number of benzene rings is 2. The number of aromatic amines is 1. The molecule has 0 saturated carbocycles. The van der Waals surface area contributed by atoms with Crippen molar-refractivity contribution in [3.8, 4) is 5.88 Å². The van der Waals surface area contributed by atoms with Gasteiger partial charge in [0.25, 0.3) is 5.88 Å². The van der Waals surface area contributed by atoms with Crippen LogP contribution in [0, 0.1) is 6.92 Å². The molecule has 3 aromatic rings. The number of aryl methyl sites for hydroxylation is 1. The summed E-state index contributed by atoms with van der Waals surface area (Å²) in [5.41, 5.74) is 3.01. The third-order valence-corrected chi connectivity index (χ3v) is 3.24. The largest absolute Gasteiger partial charge is 0.336 e. The molecule has 0 fully saturated rings. The van der Waals surface area contributed by atoms with E-state index in [-0.39, 0.29) is 0 Å². The van der Waals surface area contributed by atoms with Crippen LogP contribution < -0.4 is 15.6 Å². The van der Waals surface area contributed by atoms with Crippen molar-refractivity contribution in [2.45, 2.75) is 6.92 Å². The van der Waals surface area contributed by atoms with Crippen LogP contribution in [0.5, 0.6) is 5.88 Å². The van der Waals surface area contributed by atoms with Crippen molar-refractivity contribution in [1.29, 1.82) is 0 Å². The van der Waals surface area contributed by atoms with E-state index in [1.54, 1.807) is 0 Å². The molecule has 0 aliphatic carbocycles. The first-order chi connectivity index (χ1) is 9.31.